The van der Waals surface area contributed by atoms with E-state index in [9.17, 15) is 24.3 Å². The van der Waals surface area contributed by atoms with Crippen LogP contribution in [0.2, 0.25) is 0 Å². The summed E-state index contributed by atoms with van der Waals surface area (Å²) in [6.45, 7) is 7.80. The predicted molar refractivity (Wildman–Crippen MR) is 200 cm³/mol. The zero-order chi connectivity index (χ0) is 36.7. The van der Waals surface area contributed by atoms with Crippen molar-refractivity contribution in [2.24, 2.45) is 0 Å². The number of phenolic OH excluding ortho intramolecular Hbond substituents is 1. The van der Waals surface area contributed by atoms with E-state index in [1.807, 2.05) is 0 Å². The van der Waals surface area contributed by atoms with Crippen LogP contribution in [-0.4, -0.2) is 35.7 Å². The molecule has 0 aromatic heterocycles. The van der Waals surface area contributed by atoms with Crippen molar-refractivity contribution >= 4 is 35.2 Å². The van der Waals surface area contributed by atoms with Crippen molar-refractivity contribution in [2.45, 2.75) is 137 Å². The van der Waals surface area contributed by atoms with Crippen LogP contribution >= 0.6 is 0 Å². The Bertz CT molecular complexity index is 1450. The summed E-state index contributed by atoms with van der Waals surface area (Å²) in [5.74, 6) is -0.951. The number of aromatic hydroxyl groups is 1. The summed E-state index contributed by atoms with van der Waals surface area (Å²) in [5, 5.41) is 9.89. The first kappa shape index (κ1) is 42.0. The van der Waals surface area contributed by atoms with Crippen LogP contribution in [-0.2, 0) is 19.2 Å². The van der Waals surface area contributed by atoms with Crippen LogP contribution in [0.1, 0.15) is 148 Å². The predicted octanol–water partition coefficient (Wildman–Crippen LogP) is 10.5. The quantitative estimate of drug-likeness (QED) is 0.0360. The molecule has 0 spiro atoms. The summed E-state index contributed by atoms with van der Waals surface area (Å²) >= 11 is 0. The van der Waals surface area contributed by atoms with Gasteiger partial charge in [0.25, 0.3) is 0 Å². The number of carbonyl (C=O) groups excluding carboxylic acids is 4. The van der Waals surface area contributed by atoms with Crippen molar-refractivity contribution in [1.82, 2.24) is 0 Å². The molecule has 0 saturated heterocycles. The van der Waals surface area contributed by atoms with E-state index >= 15 is 0 Å². The number of methoxy groups -OCH3 is 1. The lowest BCUT2D eigenvalue weighted by atomic mass is 9.97. The van der Waals surface area contributed by atoms with Gasteiger partial charge in [-0.15, -0.1) is 0 Å². The van der Waals surface area contributed by atoms with E-state index in [2.05, 4.69) is 13.8 Å². The molecule has 0 heterocycles. The number of ketones is 2. The van der Waals surface area contributed by atoms with E-state index in [1.165, 1.54) is 64.2 Å². The fourth-order valence-electron chi connectivity index (χ4n) is 5.47. The molecule has 8 heteroatoms. The van der Waals surface area contributed by atoms with Crippen molar-refractivity contribution in [3.63, 3.8) is 0 Å². The van der Waals surface area contributed by atoms with Gasteiger partial charge in [-0.3, -0.25) is 19.2 Å². The van der Waals surface area contributed by atoms with Gasteiger partial charge in [-0.05, 0) is 79.3 Å². The van der Waals surface area contributed by atoms with Crippen molar-refractivity contribution in [3.8, 4) is 23.0 Å². The van der Waals surface area contributed by atoms with Gasteiger partial charge in [0.05, 0.1) is 13.5 Å². The average molecular weight is 691 g/mol. The third kappa shape index (κ3) is 16.0. The Kier molecular flexibility index (Phi) is 20.2. The van der Waals surface area contributed by atoms with Crippen LogP contribution in [0.4, 0.5) is 0 Å². The number of phenols is 1. The summed E-state index contributed by atoms with van der Waals surface area (Å²) in [4.78, 5) is 51.2. The molecule has 50 heavy (non-hydrogen) atoms. The molecule has 2 aromatic carbocycles. The Labute approximate surface area is 299 Å². The number of Topliss-reactive ketones (excluding diaryl/α,β-unsaturated/α-hetero) is 1. The minimum Gasteiger partial charge on any atom is -0.504 e. The maximum Gasteiger partial charge on any atom is 0.311 e. The largest absolute Gasteiger partial charge is 0.504 e. The van der Waals surface area contributed by atoms with Crippen LogP contribution in [0, 0.1) is 0 Å². The molecular weight excluding hydrogens is 632 g/mol. The van der Waals surface area contributed by atoms with Crippen LogP contribution < -0.4 is 14.2 Å². The van der Waals surface area contributed by atoms with E-state index in [-0.39, 0.29) is 54.0 Å². The molecule has 0 bridgehead atoms. The SMILES string of the molecule is CCCCCCCCCC(=O)Oc1ccc(/C=C/C(=O)CC(=O)/C(C)=C(\C)c2ccc(O)c(OC)c2)cc1OC(=O)CCCCCCCCC. The molecule has 8 nitrogen and oxygen atoms in total. The van der Waals surface area contributed by atoms with Gasteiger partial charge in [0.15, 0.2) is 34.6 Å². The first-order chi connectivity index (χ1) is 24.1. The first-order valence-corrected chi connectivity index (χ1v) is 18.4. The fraction of sp³-hybridized carbons (Fsp3) is 0.524. The molecule has 0 unspecified atom stereocenters. The second kappa shape index (κ2) is 24.0. The second-order valence-corrected chi connectivity index (χ2v) is 12.9. The number of hydrogen-bond acceptors (Lipinski definition) is 8. The number of esters is 2. The number of carbonyl (C=O) groups is 4. The first-order valence-electron chi connectivity index (χ1n) is 18.4. The molecular formula is C42H58O8. The molecule has 0 aliphatic carbocycles. The molecule has 0 saturated carbocycles. The van der Waals surface area contributed by atoms with Gasteiger partial charge in [0.2, 0.25) is 0 Å². The van der Waals surface area contributed by atoms with Crippen LogP contribution in [0.25, 0.3) is 11.6 Å². The summed E-state index contributed by atoms with van der Waals surface area (Å²) in [7, 11) is 1.45. The van der Waals surface area contributed by atoms with Crippen molar-refractivity contribution in [2.75, 3.05) is 7.11 Å². The zero-order valence-electron chi connectivity index (χ0n) is 30.9. The van der Waals surface area contributed by atoms with Gasteiger partial charge in [-0.1, -0.05) is 109 Å². The second-order valence-electron chi connectivity index (χ2n) is 12.9. The third-order valence-electron chi connectivity index (χ3n) is 8.77. The highest BCUT2D eigenvalue weighted by molar-refractivity contribution is 6.14. The number of unbranched alkanes of at least 4 members (excludes halogenated alkanes) is 12. The summed E-state index contributed by atoms with van der Waals surface area (Å²) in [5.41, 5.74) is 2.35. The number of benzene rings is 2. The normalized spacial score (nSPS) is 11.7. The summed E-state index contributed by atoms with van der Waals surface area (Å²) in [6.07, 6.45) is 18.2. The van der Waals surface area contributed by atoms with Gasteiger partial charge >= 0.3 is 11.9 Å². The van der Waals surface area contributed by atoms with Gasteiger partial charge in [-0.2, -0.15) is 0 Å². The topological polar surface area (TPSA) is 116 Å². The number of hydrogen-bond donors (Lipinski definition) is 1. The molecule has 0 radical (unpaired) electrons. The molecule has 274 valence electrons. The van der Waals surface area contributed by atoms with Crippen molar-refractivity contribution in [3.05, 3.63) is 59.2 Å². The van der Waals surface area contributed by atoms with Gasteiger partial charge in [0, 0.05) is 12.8 Å². The lowest BCUT2D eigenvalue weighted by Gasteiger charge is -2.12. The lowest BCUT2D eigenvalue weighted by molar-refractivity contribution is -0.137. The van der Waals surface area contributed by atoms with Crippen molar-refractivity contribution in [1.29, 1.82) is 0 Å². The van der Waals surface area contributed by atoms with Crippen molar-refractivity contribution < 1.29 is 38.5 Å². The molecule has 0 aliphatic heterocycles. The molecule has 1 N–H and O–H groups in total. The Morgan fingerprint density at radius 3 is 1.76 bits per heavy atom. The van der Waals surface area contributed by atoms with Crippen LogP contribution in [0.5, 0.6) is 23.0 Å². The van der Waals surface area contributed by atoms with Gasteiger partial charge in [-0.25, -0.2) is 0 Å². The standard InChI is InChI=1S/C42H58O8/c1-6-8-10-12-14-16-18-20-41(46)49-38-27-23-33(28-40(38)50-42(47)21-19-17-15-13-11-9-7-2)22-25-35(43)30-37(45)32(4)31(3)34-24-26-36(44)39(29-34)48-5/h22-29,44H,6-21,30H2,1-5H3/b25-22+,32-31+. The van der Waals surface area contributed by atoms with E-state index in [1.54, 1.807) is 50.3 Å². The maximum atomic E-state index is 13.0. The molecule has 0 atom stereocenters. The molecule has 2 rings (SSSR count). The van der Waals surface area contributed by atoms with Crippen LogP contribution in [0.3, 0.4) is 0 Å². The lowest BCUT2D eigenvalue weighted by Crippen LogP contribution is -2.12. The van der Waals surface area contributed by atoms with E-state index in [0.29, 0.717) is 28.7 Å². The number of allylic oxidation sites excluding steroid dienone is 3. The Balaban J connectivity index is 2.08. The fourth-order valence-corrected chi connectivity index (χ4v) is 5.47. The molecule has 0 amide bonds. The Hall–Kier alpha value is -4.20. The third-order valence-corrected chi connectivity index (χ3v) is 8.77. The highest BCUT2D eigenvalue weighted by atomic mass is 16.6. The highest BCUT2D eigenvalue weighted by Crippen LogP contribution is 2.32. The maximum absolute atomic E-state index is 13.0. The Morgan fingerprint density at radius 2 is 1.20 bits per heavy atom. The minimum atomic E-state index is -0.408. The molecule has 0 aliphatic rings. The molecule has 0 fully saturated rings. The summed E-state index contributed by atoms with van der Waals surface area (Å²) in [6, 6.07) is 9.62. The Morgan fingerprint density at radius 1 is 0.660 bits per heavy atom. The highest BCUT2D eigenvalue weighted by Gasteiger charge is 2.16. The monoisotopic (exact) mass is 690 g/mol. The van der Waals surface area contributed by atoms with Crippen LogP contribution in [0.15, 0.2) is 48.0 Å². The number of ether oxygens (including phenoxy) is 3. The molecule has 2 aromatic rings. The minimum absolute atomic E-state index is 0.00544. The smallest absolute Gasteiger partial charge is 0.311 e. The van der Waals surface area contributed by atoms with E-state index in [4.69, 9.17) is 14.2 Å². The van der Waals surface area contributed by atoms with E-state index in [0.717, 1.165) is 38.5 Å². The average Bonchev–Trinajstić information content (AvgIpc) is 3.10. The number of rotatable bonds is 25. The van der Waals surface area contributed by atoms with Gasteiger partial charge < -0.3 is 19.3 Å². The van der Waals surface area contributed by atoms with E-state index < -0.39 is 11.8 Å². The summed E-state index contributed by atoms with van der Waals surface area (Å²) < 4.78 is 16.5. The van der Waals surface area contributed by atoms with Gasteiger partial charge in [0.1, 0.15) is 0 Å². The zero-order valence-corrected chi connectivity index (χ0v) is 30.9.